The van der Waals surface area contributed by atoms with Crippen LogP contribution in [0, 0.1) is 11.7 Å². The average Bonchev–Trinajstić information content (AvgIpc) is 2.67. The van der Waals surface area contributed by atoms with Crippen LogP contribution in [0.2, 0.25) is 0 Å². The highest BCUT2D eigenvalue weighted by molar-refractivity contribution is 5.42. The molecule has 158 valence electrons. The first kappa shape index (κ1) is 21.1. The van der Waals surface area contributed by atoms with Crippen molar-refractivity contribution in [2.45, 2.75) is 44.6 Å². The Morgan fingerprint density at radius 2 is 1.83 bits per heavy atom. The molecule has 0 saturated heterocycles. The summed E-state index contributed by atoms with van der Waals surface area (Å²) in [7, 11) is 0. The van der Waals surface area contributed by atoms with Gasteiger partial charge in [-0.25, -0.2) is 9.37 Å². The zero-order valence-corrected chi connectivity index (χ0v) is 15.7. The molecule has 29 heavy (non-hydrogen) atoms. The Bertz CT molecular complexity index is 809. The van der Waals surface area contributed by atoms with Crippen molar-refractivity contribution in [1.82, 2.24) is 9.97 Å². The number of para-hydroxylation sites is 1. The summed E-state index contributed by atoms with van der Waals surface area (Å²) < 4.78 is 55.6. The Morgan fingerprint density at radius 1 is 1.10 bits per heavy atom. The van der Waals surface area contributed by atoms with Crippen LogP contribution in [0.25, 0.3) is 0 Å². The molecule has 3 rings (SSSR count). The number of hydrogen-bond acceptors (Lipinski definition) is 6. The van der Waals surface area contributed by atoms with Crippen LogP contribution in [0.15, 0.2) is 30.5 Å². The van der Waals surface area contributed by atoms with E-state index in [1.807, 2.05) is 0 Å². The first-order valence-corrected chi connectivity index (χ1v) is 9.39. The smallest absolute Gasteiger partial charge is 0.405 e. The number of nitrogens with zero attached hydrogens (tertiary/aromatic N) is 2. The predicted octanol–water partition coefficient (Wildman–Crippen LogP) is 4.06. The quantitative estimate of drug-likeness (QED) is 0.594. The van der Waals surface area contributed by atoms with Gasteiger partial charge in [0.2, 0.25) is 5.95 Å². The average molecular weight is 413 g/mol. The van der Waals surface area contributed by atoms with E-state index >= 15 is 0 Å². The molecule has 0 amide bonds. The molecule has 10 heteroatoms. The van der Waals surface area contributed by atoms with Crippen LogP contribution < -0.4 is 21.1 Å². The normalized spacial score (nSPS) is 19.6. The van der Waals surface area contributed by atoms with Crippen molar-refractivity contribution in [2.24, 2.45) is 11.7 Å². The fourth-order valence-electron chi connectivity index (χ4n) is 3.26. The fraction of sp³-hybridized carbons (Fsp3) is 0.474. The monoisotopic (exact) mass is 413 g/mol. The summed E-state index contributed by atoms with van der Waals surface area (Å²) in [5, 5.41) is 5.80. The number of hydrogen-bond donors (Lipinski definition) is 3. The molecule has 0 bridgehead atoms. The maximum absolute atomic E-state index is 14.0. The third-order valence-electron chi connectivity index (χ3n) is 4.83. The number of alkyl halides is 3. The van der Waals surface area contributed by atoms with Crippen molar-refractivity contribution in [3.05, 3.63) is 41.8 Å². The topological polar surface area (TPSA) is 85.1 Å². The molecule has 6 nitrogen and oxygen atoms in total. The number of halogens is 4. The predicted molar refractivity (Wildman–Crippen MR) is 101 cm³/mol. The number of anilines is 2. The van der Waals surface area contributed by atoms with Crippen LogP contribution >= 0.6 is 0 Å². The van der Waals surface area contributed by atoms with Gasteiger partial charge in [0.05, 0.1) is 6.20 Å². The van der Waals surface area contributed by atoms with Crippen LogP contribution in [-0.4, -0.2) is 28.9 Å². The highest BCUT2D eigenvalue weighted by Gasteiger charge is 2.32. The number of aromatic nitrogens is 2. The van der Waals surface area contributed by atoms with Crippen molar-refractivity contribution in [2.75, 3.05) is 17.2 Å². The van der Waals surface area contributed by atoms with Crippen LogP contribution in [-0.2, 0) is 6.54 Å². The maximum atomic E-state index is 14.0. The van der Waals surface area contributed by atoms with Gasteiger partial charge in [-0.15, -0.1) is 13.2 Å². The molecule has 2 aromatic rings. The molecule has 1 fully saturated rings. The Hall–Kier alpha value is -2.62. The Balaban J connectivity index is 1.60. The lowest BCUT2D eigenvalue weighted by Gasteiger charge is -2.26. The number of nitrogens with two attached hydrogens (primary N) is 1. The highest BCUT2D eigenvalue weighted by atomic mass is 19.4. The molecule has 0 radical (unpaired) electrons. The minimum absolute atomic E-state index is 0.0160. The molecule has 0 aliphatic heterocycles. The third-order valence-corrected chi connectivity index (χ3v) is 4.83. The number of ether oxygens (including phenoxy) is 1. The molecule has 1 heterocycles. The molecule has 4 N–H and O–H groups in total. The lowest BCUT2D eigenvalue weighted by Crippen LogP contribution is -2.29. The Morgan fingerprint density at radius 3 is 2.55 bits per heavy atom. The van der Waals surface area contributed by atoms with E-state index in [9.17, 15) is 17.6 Å². The minimum atomic E-state index is -4.79. The molecular formula is C19H23F4N5O. The minimum Gasteiger partial charge on any atom is -0.405 e. The number of nitrogens with one attached hydrogen (secondary N) is 2. The van der Waals surface area contributed by atoms with Gasteiger partial charge in [0.1, 0.15) is 5.75 Å². The van der Waals surface area contributed by atoms with Crippen LogP contribution in [0.5, 0.6) is 5.75 Å². The van der Waals surface area contributed by atoms with Crippen molar-refractivity contribution in [3.63, 3.8) is 0 Å². The van der Waals surface area contributed by atoms with E-state index in [2.05, 4.69) is 25.3 Å². The molecule has 1 aromatic carbocycles. The molecule has 0 spiro atoms. The first-order valence-electron chi connectivity index (χ1n) is 9.39. The van der Waals surface area contributed by atoms with E-state index < -0.39 is 12.2 Å². The van der Waals surface area contributed by atoms with Crippen molar-refractivity contribution in [3.8, 4) is 5.75 Å². The van der Waals surface area contributed by atoms with Crippen molar-refractivity contribution in [1.29, 1.82) is 0 Å². The third kappa shape index (κ3) is 6.45. The van der Waals surface area contributed by atoms with Gasteiger partial charge in [0.15, 0.2) is 11.6 Å². The van der Waals surface area contributed by atoms with Crippen LogP contribution in [0.1, 0.15) is 31.2 Å². The van der Waals surface area contributed by atoms with Gasteiger partial charge in [-0.3, -0.25) is 0 Å². The summed E-state index contributed by atoms with van der Waals surface area (Å²) in [6.07, 6.45) is 0.0781. The van der Waals surface area contributed by atoms with Crippen LogP contribution in [0.3, 0.4) is 0 Å². The lowest BCUT2D eigenvalue weighted by atomic mass is 9.86. The second kappa shape index (κ2) is 9.25. The number of benzene rings is 1. The summed E-state index contributed by atoms with van der Waals surface area (Å²) in [5.41, 5.74) is 6.16. The first-order chi connectivity index (χ1) is 13.8. The van der Waals surface area contributed by atoms with Gasteiger partial charge in [-0.1, -0.05) is 18.2 Å². The molecule has 0 unspecified atom stereocenters. The molecule has 1 aromatic heterocycles. The summed E-state index contributed by atoms with van der Waals surface area (Å²) in [5.74, 6) is -0.363. The van der Waals surface area contributed by atoms with E-state index in [0.717, 1.165) is 31.9 Å². The van der Waals surface area contributed by atoms with E-state index in [0.29, 0.717) is 12.5 Å². The summed E-state index contributed by atoms with van der Waals surface area (Å²) >= 11 is 0. The largest absolute Gasteiger partial charge is 0.573 e. The van der Waals surface area contributed by atoms with Crippen molar-refractivity contribution >= 4 is 11.8 Å². The van der Waals surface area contributed by atoms with Gasteiger partial charge < -0.3 is 21.1 Å². The standard InChI is InChI=1S/C19H23F4N5O/c20-15-11-27-18(28-17(15)25-9-12-5-7-14(24)8-6-12)26-10-13-3-1-2-4-16(13)29-19(21,22)23/h1-4,11-12,14H,5-10,24H2,(H2,25,26,27,28)/t12-,14-. The van der Waals surface area contributed by atoms with Gasteiger partial charge in [0.25, 0.3) is 0 Å². The van der Waals surface area contributed by atoms with Gasteiger partial charge in [-0.2, -0.15) is 4.98 Å². The maximum Gasteiger partial charge on any atom is 0.573 e. The van der Waals surface area contributed by atoms with Crippen molar-refractivity contribution < 1.29 is 22.3 Å². The zero-order valence-electron chi connectivity index (χ0n) is 15.7. The molecule has 0 atom stereocenters. The summed E-state index contributed by atoms with van der Waals surface area (Å²) in [6, 6.07) is 5.99. The zero-order chi connectivity index (χ0) is 20.9. The van der Waals surface area contributed by atoms with E-state index in [1.54, 1.807) is 6.07 Å². The Kier molecular flexibility index (Phi) is 6.73. The van der Waals surface area contributed by atoms with Gasteiger partial charge >= 0.3 is 6.36 Å². The van der Waals surface area contributed by atoms with E-state index in [-0.39, 0.29) is 35.7 Å². The molecule has 1 aliphatic carbocycles. The molecule has 1 saturated carbocycles. The Labute approximate surface area is 165 Å². The SMILES string of the molecule is N[C@H]1CC[C@H](CNc2nc(NCc3ccccc3OC(F)(F)F)ncc2F)CC1. The highest BCUT2D eigenvalue weighted by Crippen LogP contribution is 2.27. The molecular weight excluding hydrogens is 390 g/mol. The summed E-state index contributed by atoms with van der Waals surface area (Å²) in [4.78, 5) is 7.94. The second-order valence-electron chi connectivity index (χ2n) is 7.06. The number of rotatable bonds is 7. The molecule has 1 aliphatic rings. The lowest BCUT2D eigenvalue weighted by molar-refractivity contribution is -0.274. The fourth-order valence-corrected chi connectivity index (χ4v) is 3.26. The van der Waals surface area contributed by atoms with E-state index in [4.69, 9.17) is 5.73 Å². The van der Waals surface area contributed by atoms with Gasteiger partial charge in [0, 0.05) is 24.7 Å². The van der Waals surface area contributed by atoms with Gasteiger partial charge in [-0.05, 0) is 37.7 Å². The summed E-state index contributed by atoms with van der Waals surface area (Å²) in [6.45, 7) is 0.556. The van der Waals surface area contributed by atoms with E-state index in [1.165, 1.54) is 18.2 Å². The second-order valence-corrected chi connectivity index (χ2v) is 7.06. The van der Waals surface area contributed by atoms with Crippen LogP contribution in [0.4, 0.5) is 29.3 Å².